The summed E-state index contributed by atoms with van der Waals surface area (Å²) in [4.78, 5) is 40.5. The van der Waals surface area contributed by atoms with Crippen LogP contribution in [0.3, 0.4) is 0 Å². The molecule has 7 nitrogen and oxygen atoms in total. The lowest BCUT2D eigenvalue weighted by Crippen LogP contribution is -2.58. The number of carbonyl (C=O) groups is 3. The van der Waals surface area contributed by atoms with E-state index >= 15 is 0 Å². The van der Waals surface area contributed by atoms with Gasteiger partial charge in [0.1, 0.15) is 22.1 Å². The Morgan fingerprint density at radius 1 is 1.06 bits per heavy atom. The third-order valence-corrected chi connectivity index (χ3v) is 7.09. The lowest BCUT2D eigenvalue weighted by molar-refractivity contribution is -0.131. The van der Waals surface area contributed by atoms with E-state index in [2.05, 4.69) is 5.32 Å². The molecule has 33 heavy (non-hydrogen) atoms. The van der Waals surface area contributed by atoms with E-state index < -0.39 is 29.1 Å². The molecule has 0 radical (unpaired) electrons. The average Bonchev–Trinajstić information content (AvgIpc) is 3.13. The Morgan fingerprint density at radius 3 is 2.42 bits per heavy atom. The zero-order valence-corrected chi connectivity index (χ0v) is 19.1. The van der Waals surface area contributed by atoms with Crippen molar-refractivity contribution < 1.29 is 28.6 Å². The maximum absolute atomic E-state index is 14.2. The summed E-state index contributed by atoms with van der Waals surface area (Å²) >= 11 is 6.49. The number of ketones is 2. The predicted octanol–water partition coefficient (Wildman–Crippen LogP) is 3.84. The first-order chi connectivity index (χ1) is 15.8. The molecule has 0 aromatic heterocycles. The molecule has 170 valence electrons. The van der Waals surface area contributed by atoms with E-state index in [1.165, 1.54) is 20.3 Å². The van der Waals surface area contributed by atoms with Gasteiger partial charge in [-0.1, -0.05) is 54.4 Å². The molecule has 1 unspecified atom stereocenters. The van der Waals surface area contributed by atoms with Crippen LogP contribution in [-0.4, -0.2) is 37.3 Å². The Hall–Kier alpha value is -3.32. The van der Waals surface area contributed by atoms with Gasteiger partial charge in [0.2, 0.25) is 23.1 Å². The Labute approximate surface area is 195 Å². The van der Waals surface area contributed by atoms with Crippen LogP contribution in [0.1, 0.15) is 41.7 Å². The number of carbonyl (C=O) groups excluding carboxylic acids is 3. The largest absolute Gasteiger partial charge is 0.496 e. The van der Waals surface area contributed by atoms with Crippen LogP contribution in [-0.2, 0) is 9.59 Å². The van der Waals surface area contributed by atoms with Gasteiger partial charge in [-0.2, -0.15) is 0 Å². The summed E-state index contributed by atoms with van der Waals surface area (Å²) in [5.74, 6) is -1.04. The molecular weight excluding hydrogens is 446 g/mol. The van der Waals surface area contributed by atoms with Crippen LogP contribution in [0.15, 0.2) is 47.5 Å². The number of halogens is 1. The van der Waals surface area contributed by atoms with Crippen LogP contribution < -0.4 is 19.5 Å². The van der Waals surface area contributed by atoms with Gasteiger partial charge in [0, 0.05) is 24.0 Å². The second kappa shape index (κ2) is 7.63. The monoisotopic (exact) mass is 467 g/mol. The van der Waals surface area contributed by atoms with Gasteiger partial charge in [0.05, 0.1) is 20.3 Å². The van der Waals surface area contributed by atoms with Gasteiger partial charge in [-0.3, -0.25) is 14.4 Å². The Bertz CT molecular complexity index is 1240. The summed E-state index contributed by atoms with van der Waals surface area (Å²) in [6, 6.07) is 10.1. The first-order valence-electron chi connectivity index (χ1n) is 10.6. The maximum atomic E-state index is 14.2. The van der Waals surface area contributed by atoms with Crippen molar-refractivity contribution in [2.24, 2.45) is 5.92 Å². The molecule has 2 aliphatic heterocycles. The van der Waals surface area contributed by atoms with Gasteiger partial charge in [-0.15, -0.1) is 0 Å². The minimum Gasteiger partial charge on any atom is -0.496 e. The van der Waals surface area contributed by atoms with E-state index in [1.54, 1.807) is 6.92 Å². The van der Waals surface area contributed by atoms with E-state index in [4.69, 9.17) is 25.8 Å². The zero-order chi connectivity index (χ0) is 23.5. The van der Waals surface area contributed by atoms with E-state index in [0.29, 0.717) is 12.0 Å². The van der Waals surface area contributed by atoms with Crippen LogP contribution in [0.5, 0.6) is 17.2 Å². The SMILES string of the molecule is COc1cc(OC)c2c(c1Cl)O[C@@]1(C(=O)C3=C(CC(=O)NC3c3ccccc3)C[C@H]1C)C2=O. The molecule has 3 aliphatic rings. The van der Waals surface area contributed by atoms with E-state index in [9.17, 15) is 14.4 Å². The summed E-state index contributed by atoms with van der Waals surface area (Å²) in [6.07, 6.45) is 0.485. The second-order valence-corrected chi connectivity index (χ2v) is 8.88. The van der Waals surface area contributed by atoms with E-state index in [1.807, 2.05) is 30.3 Å². The average molecular weight is 468 g/mol. The normalized spacial score (nSPS) is 26.0. The highest BCUT2D eigenvalue weighted by Crippen LogP contribution is 2.55. The minimum absolute atomic E-state index is 0.0817. The molecule has 0 saturated carbocycles. The van der Waals surface area contributed by atoms with Crippen molar-refractivity contribution in [1.29, 1.82) is 0 Å². The van der Waals surface area contributed by atoms with Crippen molar-refractivity contribution in [3.05, 3.63) is 63.7 Å². The molecule has 1 spiro atoms. The summed E-state index contributed by atoms with van der Waals surface area (Å²) in [6.45, 7) is 1.78. The van der Waals surface area contributed by atoms with Crippen LogP contribution >= 0.6 is 11.6 Å². The lowest BCUT2D eigenvalue weighted by Gasteiger charge is -2.42. The molecule has 1 amide bonds. The Kier molecular flexibility index (Phi) is 4.97. The number of ether oxygens (including phenoxy) is 3. The molecule has 2 aromatic rings. The molecule has 0 saturated heterocycles. The first-order valence-corrected chi connectivity index (χ1v) is 11.0. The quantitative estimate of drug-likeness (QED) is 0.690. The highest BCUT2D eigenvalue weighted by atomic mass is 35.5. The van der Waals surface area contributed by atoms with Gasteiger partial charge in [0.15, 0.2) is 5.75 Å². The Morgan fingerprint density at radius 2 is 1.76 bits per heavy atom. The highest BCUT2D eigenvalue weighted by Gasteiger charge is 2.63. The number of amides is 1. The first kappa shape index (κ1) is 21.5. The van der Waals surface area contributed by atoms with Crippen molar-refractivity contribution in [2.75, 3.05) is 14.2 Å². The van der Waals surface area contributed by atoms with Gasteiger partial charge < -0.3 is 19.5 Å². The molecule has 1 aliphatic carbocycles. The van der Waals surface area contributed by atoms with Crippen LogP contribution in [0.2, 0.25) is 5.02 Å². The van der Waals surface area contributed by atoms with Gasteiger partial charge in [-0.05, 0) is 12.0 Å². The summed E-state index contributed by atoms with van der Waals surface area (Å²) in [7, 11) is 2.87. The third kappa shape index (κ3) is 2.92. The number of hydrogen-bond acceptors (Lipinski definition) is 6. The standard InChI is InChI=1S/C25H22ClNO6/c1-12-9-14-10-17(28)27-21(13-7-5-4-6-8-13)18(14)23(29)25(12)24(30)19-15(31-2)11-16(32-3)20(26)22(19)33-25/h4-8,11-12,21H,9-10H2,1-3H3,(H,27,28)/t12-,21?,25+/m1/s1. The van der Waals surface area contributed by atoms with Crippen molar-refractivity contribution in [3.63, 3.8) is 0 Å². The fourth-order valence-corrected chi connectivity index (χ4v) is 5.42. The van der Waals surface area contributed by atoms with Crippen molar-refractivity contribution in [1.82, 2.24) is 5.32 Å². The topological polar surface area (TPSA) is 90.9 Å². The highest BCUT2D eigenvalue weighted by molar-refractivity contribution is 6.36. The molecule has 8 heteroatoms. The molecular formula is C25H22ClNO6. The summed E-state index contributed by atoms with van der Waals surface area (Å²) < 4.78 is 16.9. The van der Waals surface area contributed by atoms with Gasteiger partial charge >= 0.3 is 0 Å². The van der Waals surface area contributed by atoms with Crippen molar-refractivity contribution >= 4 is 29.1 Å². The fourth-order valence-electron chi connectivity index (χ4n) is 5.16. The van der Waals surface area contributed by atoms with Crippen LogP contribution in [0.4, 0.5) is 0 Å². The number of benzene rings is 2. The number of nitrogens with one attached hydrogen (secondary N) is 1. The van der Waals surface area contributed by atoms with Gasteiger partial charge in [0.25, 0.3) is 0 Å². The molecule has 1 N–H and O–H groups in total. The van der Waals surface area contributed by atoms with Gasteiger partial charge in [-0.25, -0.2) is 0 Å². The number of hydrogen-bond donors (Lipinski definition) is 1. The molecule has 3 atom stereocenters. The fraction of sp³-hybridized carbons (Fsp3) is 0.320. The number of Topliss-reactive ketones (excluding diaryl/α,β-unsaturated/α-hetero) is 2. The number of fused-ring (bicyclic) bond motifs is 1. The van der Waals surface area contributed by atoms with Crippen LogP contribution in [0.25, 0.3) is 0 Å². The summed E-state index contributed by atoms with van der Waals surface area (Å²) in [5, 5.41) is 3.02. The molecule has 2 aromatic carbocycles. The van der Waals surface area contributed by atoms with E-state index in [-0.39, 0.29) is 40.2 Å². The number of methoxy groups -OCH3 is 2. The predicted molar refractivity (Wildman–Crippen MR) is 120 cm³/mol. The molecule has 5 rings (SSSR count). The zero-order valence-electron chi connectivity index (χ0n) is 18.4. The molecule has 0 fully saturated rings. The molecule has 0 bridgehead atoms. The summed E-state index contributed by atoms with van der Waals surface area (Å²) in [5.41, 5.74) is 0.236. The third-order valence-electron chi connectivity index (χ3n) is 6.73. The maximum Gasteiger partial charge on any atom is 0.236 e. The number of rotatable bonds is 3. The smallest absolute Gasteiger partial charge is 0.236 e. The molecule has 2 heterocycles. The lowest BCUT2D eigenvalue weighted by atomic mass is 9.66. The van der Waals surface area contributed by atoms with Crippen molar-refractivity contribution in [3.8, 4) is 17.2 Å². The Balaban J connectivity index is 1.68. The second-order valence-electron chi connectivity index (χ2n) is 8.51. The van der Waals surface area contributed by atoms with Crippen molar-refractivity contribution in [2.45, 2.75) is 31.4 Å². The minimum atomic E-state index is -1.79. The van der Waals surface area contributed by atoms with Crippen LogP contribution in [0, 0.1) is 5.92 Å². The van der Waals surface area contributed by atoms with E-state index in [0.717, 1.165) is 11.1 Å².